The number of β-amino-alcohol motifs (C(OH)–C–C–N with tert-alkyl or cyclic N) is 1. The molecule has 15 heavy (non-hydrogen) atoms. The third-order valence-corrected chi connectivity index (χ3v) is 2.30. The van der Waals surface area contributed by atoms with Crippen LogP contribution in [0.3, 0.4) is 0 Å². The van der Waals surface area contributed by atoms with Crippen molar-refractivity contribution in [1.82, 2.24) is 4.90 Å². The van der Waals surface area contributed by atoms with E-state index in [1.165, 1.54) is 0 Å². The van der Waals surface area contributed by atoms with Crippen LogP contribution in [0.2, 0.25) is 0 Å². The van der Waals surface area contributed by atoms with Crippen LogP contribution < -0.4 is 0 Å². The molecule has 2 amide bonds. The first kappa shape index (κ1) is 11.6. The number of carbonyl (C=O) groups is 3. The van der Waals surface area contributed by atoms with Gasteiger partial charge in [0.05, 0.1) is 13.7 Å². The third kappa shape index (κ3) is 2.33. The summed E-state index contributed by atoms with van der Waals surface area (Å²) in [6, 6.07) is 0. The SMILES string of the molecule is COC(=O)C(O)CN1C(=O)CC(C)C1=O. The number of hydrogen-bond donors (Lipinski definition) is 1. The average molecular weight is 215 g/mol. The molecular formula is C9H13NO5. The van der Waals surface area contributed by atoms with Crippen LogP contribution in [-0.4, -0.2) is 47.5 Å². The van der Waals surface area contributed by atoms with Crippen LogP contribution in [0.25, 0.3) is 0 Å². The van der Waals surface area contributed by atoms with Gasteiger partial charge in [-0.2, -0.15) is 0 Å². The van der Waals surface area contributed by atoms with Crippen molar-refractivity contribution in [3.63, 3.8) is 0 Å². The van der Waals surface area contributed by atoms with Gasteiger partial charge in [0.1, 0.15) is 0 Å². The van der Waals surface area contributed by atoms with E-state index >= 15 is 0 Å². The number of likely N-dealkylation sites (tertiary alicyclic amines) is 1. The number of aliphatic hydroxyl groups excluding tert-OH is 1. The molecule has 2 unspecified atom stereocenters. The van der Waals surface area contributed by atoms with Gasteiger partial charge in [0, 0.05) is 12.3 Å². The highest BCUT2D eigenvalue weighted by Gasteiger charge is 2.37. The Morgan fingerprint density at radius 1 is 1.67 bits per heavy atom. The number of imide groups is 1. The topological polar surface area (TPSA) is 83.9 Å². The maximum Gasteiger partial charge on any atom is 0.336 e. The van der Waals surface area contributed by atoms with E-state index in [9.17, 15) is 19.5 Å². The van der Waals surface area contributed by atoms with Gasteiger partial charge in [-0.1, -0.05) is 6.92 Å². The zero-order valence-electron chi connectivity index (χ0n) is 8.60. The molecular weight excluding hydrogens is 202 g/mol. The van der Waals surface area contributed by atoms with Gasteiger partial charge in [-0.25, -0.2) is 4.79 Å². The molecule has 6 nitrogen and oxygen atoms in total. The Balaban J connectivity index is 2.62. The smallest absolute Gasteiger partial charge is 0.336 e. The maximum atomic E-state index is 11.4. The van der Waals surface area contributed by atoms with Gasteiger partial charge >= 0.3 is 5.97 Å². The van der Waals surface area contributed by atoms with Crippen molar-refractivity contribution in [2.75, 3.05) is 13.7 Å². The Hall–Kier alpha value is -1.43. The van der Waals surface area contributed by atoms with Gasteiger partial charge < -0.3 is 9.84 Å². The lowest BCUT2D eigenvalue weighted by atomic mass is 10.1. The molecule has 84 valence electrons. The molecule has 1 rings (SSSR count). The summed E-state index contributed by atoms with van der Waals surface area (Å²) in [5, 5.41) is 9.28. The fourth-order valence-corrected chi connectivity index (χ4v) is 1.42. The molecule has 0 radical (unpaired) electrons. The highest BCUT2D eigenvalue weighted by molar-refractivity contribution is 6.03. The summed E-state index contributed by atoms with van der Waals surface area (Å²) < 4.78 is 4.28. The van der Waals surface area contributed by atoms with Crippen LogP contribution in [0.4, 0.5) is 0 Å². The summed E-state index contributed by atoms with van der Waals surface area (Å²) in [6.45, 7) is 1.30. The number of methoxy groups -OCH3 is 1. The van der Waals surface area contributed by atoms with Crippen LogP contribution >= 0.6 is 0 Å². The summed E-state index contributed by atoms with van der Waals surface area (Å²) in [5.74, 6) is -1.95. The normalized spacial score (nSPS) is 23.1. The standard InChI is InChI=1S/C9H13NO5/c1-5-3-7(12)10(8(5)13)4-6(11)9(14)15-2/h5-6,11H,3-4H2,1-2H3. The van der Waals surface area contributed by atoms with E-state index in [1.54, 1.807) is 6.92 Å². The van der Waals surface area contributed by atoms with Crippen molar-refractivity contribution in [3.05, 3.63) is 0 Å². The monoisotopic (exact) mass is 215 g/mol. The minimum Gasteiger partial charge on any atom is -0.467 e. The zero-order chi connectivity index (χ0) is 11.6. The predicted molar refractivity (Wildman–Crippen MR) is 48.5 cm³/mol. The number of esters is 1. The Kier molecular flexibility index (Phi) is 3.41. The van der Waals surface area contributed by atoms with E-state index in [4.69, 9.17) is 0 Å². The number of carbonyl (C=O) groups excluding carboxylic acids is 3. The van der Waals surface area contributed by atoms with Crippen molar-refractivity contribution < 1.29 is 24.2 Å². The molecule has 0 saturated carbocycles. The molecule has 6 heteroatoms. The van der Waals surface area contributed by atoms with Crippen LogP contribution in [0.15, 0.2) is 0 Å². The van der Waals surface area contributed by atoms with Crippen LogP contribution in [0.5, 0.6) is 0 Å². The molecule has 0 aromatic rings. The number of amides is 2. The Labute approximate surface area is 86.8 Å². The molecule has 1 saturated heterocycles. The van der Waals surface area contributed by atoms with Gasteiger partial charge in [-0.3, -0.25) is 14.5 Å². The average Bonchev–Trinajstić information content (AvgIpc) is 2.43. The van der Waals surface area contributed by atoms with Crippen molar-refractivity contribution in [2.24, 2.45) is 5.92 Å². The number of hydrogen-bond acceptors (Lipinski definition) is 5. The lowest BCUT2D eigenvalue weighted by molar-refractivity contribution is -0.153. The summed E-state index contributed by atoms with van der Waals surface area (Å²) in [6.07, 6.45) is -1.33. The summed E-state index contributed by atoms with van der Waals surface area (Å²) in [5.41, 5.74) is 0. The molecule has 0 bridgehead atoms. The molecule has 0 aromatic carbocycles. The number of rotatable bonds is 3. The van der Waals surface area contributed by atoms with Crippen LogP contribution in [-0.2, 0) is 19.1 Å². The molecule has 1 N–H and O–H groups in total. The van der Waals surface area contributed by atoms with Gasteiger partial charge in [-0.05, 0) is 0 Å². The van der Waals surface area contributed by atoms with E-state index in [1.807, 2.05) is 0 Å². The minimum absolute atomic E-state index is 0.132. The second-order valence-electron chi connectivity index (χ2n) is 3.49. The van der Waals surface area contributed by atoms with Crippen LogP contribution in [0.1, 0.15) is 13.3 Å². The Morgan fingerprint density at radius 2 is 2.27 bits per heavy atom. The van der Waals surface area contributed by atoms with Crippen molar-refractivity contribution in [3.8, 4) is 0 Å². The van der Waals surface area contributed by atoms with E-state index in [0.717, 1.165) is 12.0 Å². The van der Waals surface area contributed by atoms with E-state index in [2.05, 4.69) is 4.74 Å². The van der Waals surface area contributed by atoms with Crippen LogP contribution in [0, 0.1) is 5.92 Å². The molecule has 1 aliphatic rings. The number of aliphatic hydroxyl groups is 1. The predicted octanol–water partition coefficient (Wildman–Crippen LogP) is -1.08. The molecule has 0 spiro atoms. The fraction of sp³-hybridized carbons (Fsp3) is 0.667. The maximum absolute atomic E-state index is 11.4. The second kappa shape index (κ2) is 4.39. The first-order valence-corrected chi connectivity index (χ1v) is 4.57. The number of nitrogens with zero attached hydrogens (tertiary/aromatic N) is 1. The van der Waals surface area contributed by atoms with Crippen molar-refractivity contribution in [2.45, 2.75) is 19.4 Å². The lowest BCUT2D eigenvalue weighted by Crippen LogP contribution is -2.40. The zero-order valence-corrected chi connectivity index (χ0v) is 8.60. The van der Waals surface area contributed by atoms with Gasteiger partial charge in [0.2, 0.25) is 11.8 Å². The molecule has 2 atom stereocenters. The molecule has 0 aromatic heterocycles. The molecule has 1 heterocycles. The number of ether oxygens (including phenoxy) is 1. The van der Waals surface area contributed by atoms with Gasteiger partial charge in [0.25, 0.3) is 0 Å². The Morgan fingerprint density at radius 3 is 2.67 bits per heavy atom. The van der Waals surface area contributed by atoms with E-state index in [0.29, 0.717) is 0 Å². The first-order chi connectivity index (χ1) is 6.97. The largest absolute Gasteiger partial charge is 0.467 e. The van der Waals surface area contributed by atoms with Gasteiger partial charge in [0.15, 0.2) is 6.10 Å². The summed E-state index contributed by atoms with van der Waals surface area (Å²) in [4.78, 5) is 34.5. The van der Waals surface area contributed by atoms with Gasteiger partial charge in [-0.15, -0.1) is 0 Å². The molecule has 1 fully saturated rings. The quantitative estimate of drug-likeness (QED) is 0.478. The van der Waals surface area contributed by atoms with E-state index in [-0.39, 0.29) is 30.7 Å². The fourth-order valence-electron chi connectivity index (χ4n) is 1.42. The summed E-state index contributed by atoms with van der Waals surface area (Å²) >= 11 is 0. The van der Waals surface area contributed by atoms with Crippen molar-refractivity contribution in [1.29, 1.82) is 0 Å². The van der Waals surface area contributed by atoms with Crippen molar-refractivity contribution >= 4 is 17.8 Å². The lowest BCUT2D eigenvalue weighted by Gasteiger charge is -2.16. The Bertz CT molecular complexity index is 301. The summed E-state index contributed by atoms with van der Waals surface area (Å²) in [7, 11) is 1.13. The minimum atomic E-state index is -1.46. The molecule has 0 aliphatic carbocycles. The second-order valence-corrected chi connectivity index (χ2v) is 3.49. The first-order valence-electron chi connectivity index (χ1n) is 4.57. The van der Waals surface area contributed by atoms with E-state index < -0.39 is 12.1 Å². The molecule has 1 aliphatic heterocycles. The third-order valence-electron chi connectivity index (χ3n) is 2.30. The highest BCUT2D eigenvalue weighted by Crippen LogP contribution is 2.18. The highest BCUT2D eigenvalue weighted by atomic mass is 16.5.